The first-order valence-electron chi connectivity index (χ1n) is 12.3. The Hall–Kier alpha value is -3.32. The number of aliphatic hydroxyl groups is 1. The van der Waals surface area contributed by atoms with E-state index in [1.807, 2.05) is 39.0 Å². The van der Waals surface area contributed by atoms with Gasteiger partial charge >= 0.3 is 0 Å². The first-order valence-corrected chi connectivity index (χ1v) is 12.3. The number of hydrogen-bond acceptors (Lipinski definition) is 6. The van der Waals surface area contributed by atoms with E-state index in [4.69, 9.17) is 9.47 Å². The largest absolute Gasteiger partial charge is 0.507 e. The van der Waals surface area contributed by atoms with Gasteiger partial charge in [-0.3, -0.25) is 9.59 Å². The molecular weight excluding hydrogens is 444 g/mol. The lowest BCUT2D eigenvalue weighted by molar-refractivity contribution is -0.140. The molecule has 0 radical (unpaired) electrons. The molecule has 1 aliphatic heterocycles. The zero-order valence-corrected chi connectivity index (χ0v) is 21.3. The van der Waals surface area contributed by atoms with Crippen LogP contribution >= 0.6 is 0 Å². The molecule has 0 saturated carbocycles. The van der Waals surface area contributed by atoms with Gasteiger partial charge in [0, 0.05) is 18.7 Å². The third kappa shape index (κ3) is 5.68. The Bertz CT molecular complexity index is 1070. The summed E-state index contributed by atoms with van der Waals surface area (Å²) in [5.74, 6) is -0.332. The Morgan fingerprint density at radius 1 is 0.943 bits per heavy atom. The molecule has 1 atom stereocenters. The van der Waals surface area contributed by atoms with Crippen molar-refractivity contribution in [3.63, 3.8) is 0 Å². The quantitative estimate of drug-likeness (QED) is 0.289. The third-order valence-electron chi connectivity index (χ3n) is 6.30. The first-order chi connectivity index (χ1) is 16.9. The normalized spacial score (nSPS) is 17.3. The lowest BCUT2D eigenvalue weighted by Crippen LogP contribution is -2.38. The number of benzene rings is 2. The number of carbonyl (C=O) groups excluding carboxylic acids is 2. The van der Waals surface area contributed by atoms with Crippen molar-refractivity contribution in [1.29, 1.82) is 0 Å². The molecule has 0 bridgehead atoms. The standard InChI is InChI=1S/C28H36N2O5/c1-6-29(7-2)16-17-30-25(21-14-15-22(34-8-3)23(18-21)35-9-4)24(27(32)28(30)33)26(31)20-12-10-19(5)11-13-20/h10-15,18,25,31H,6-9,16-17H2,1-5H3/t25-/m0/s1. The Morgan fingerprint density at radius 3 is 2.17 bits per heavy atom. The molecule has 1 saturated heterocycles. The van der Waals surface area contributed by atoms with Crippen LogP contribution in [0, 0.1) is 6.92 Å². The number of rotatable bonds is 11. The van der Waals surface area contributed by atoms with Gasteiger partial charge in [0.15, 0.2) is 11.5 Å². The zero-order valence-electron chi connectivity index (χ0n) is 21.3. The van der Waals surface area contributed by atoms with Gasteiger partial charge in [0.2, 0.25) is 0 Å². The first kappa shape index (κ1) is 26.3. The van der Waals surface area contributed by atoms with Crippen LogP contribution < -0.4 is 9.47 Å². The number of aryl methyl sites for hydroxylation is 1. The Morgan fingerprint density at radius 2 is 1.57 bits per heavy atom. The number of ketones is 1. The zero-order chi connectivity index (χ0) is 25.5. The summed E-state index contributed by atoms with van der Waals surface area (Å²) in [5.41, 5.74) is 2.30. The van der Waals surface area contributed by atoms with Crippen LogP contribution in [-0.4, -0.2) is 66.0 Å². The second-order valence-corrected chi connectivity index (χ2v) is 8.46. The van der Waals surface area contributed by atoms with Crippen LogP contribution in [0.1, 0.15) is 50.4 Å². The van der Waals surface area contributed by atoms with Gasteiger partial charge in [0.25, 0.3) is 11.7 Å². The Labute approximate surface area is 207 Å². The Balaban J connectivity index is 2.14. The molecule has 7 heteroatoms. The molecule has 188 valence electrons. The number of Topliss-reactive ketones (excluding diaryl/α,β-unsaturated/α-hetero) is 1. The molecule has 0 aromatic heterocycles. The van der Waals surface area contributed by atoms with Crippen molar-refractivity contribution >= 4 is 17.4 Å². The molecule has 1 fully saturated rings. The van der Waals surface area contributed by atoms with Crippen molar-refractivity contribution in [3.8, 4) is 11.5 Å². The summed E-state index contributed by atoms with van der Waals surface area (Å²) >= 11 is 0. The second-order valence-electron chi connectivity index (χ2n) is 8.46. The van der Waals surface area contributed by atoms with Crippen molar-refractivity contribution < 1.29 is 24.2 Å². The molecule has 7 nitrogen and oxygen atoms in total. The lowest BCUT2D eigenvalue weighted by atomic mass is 9.94. The number of carbonyl (C=O) groups is 2. The van der Waals surface area contributed by atoms with Gasteiger partial charge in [-0.25, -0.2) is 0 Å². The SMILES string of the molecule is CCOc1ccc([C@H]2C(=C(O)c3ccc(C)cc3)C(=O)C(=O)N2CCN(CC)CC)cc1OCC. The van der Waals surface area contributed by atoms with Crippen molar-refractivity contribution in [2.75, 3.05) is 39.4 Å². The number of aliphatic hydroxyl groups excluding tert-OH is 1. The van der Waals surface area contributed by atoms with E-state index in [2.05, 4.69) is 18.7 Å². The maximum Gasteiger partial charge on any atom is 0.295 e. The van der Waals surface area contributed by atoms with Crippen LogP contribution in [0.25, 0.3) is 5.76 Å². The van der Waals surface area contributed by atoms with Crippen LogP contribution in [0.3, 0.4) is 0 Å². The lowest BCUT2D eigenvalue weighted by Gasteiger charge is -2.28. The molecule has 2 aromatic carbocycles. The van der Waals surface area contributed by atoms with E-state index in [1.165, 1.54) is 0 Å². The van der Waals surface area contributed by atoms with Gasteiger partial charge in [-0.05, 0) is 51.6 Å². The van der Waals surface area contributed by atoms with E-state index in [1.54, 1.807) is 29.2 Å². The van der Waals surface area contributed by atoms with Gasteiger partial charge in [-0.2, -0.15) is 0 Å². The van der Waals surface area contributed by atoms with Gasteiger partial charge in [0.05, 0.1) is 24.8 Å². The maximum absolute atomic E-state index is 13.3. The number of ether oxygens (including phenoxy) is 2. The molecule has 2 aromatic rings. The summed E-state index contributed by atoms with van der Waals surface area (Å²) in [7, 11) is 0. The molecule has 0 aliphatic carbocycles. The minimum Gasteiger partial charge on any atom is -0.507 e. The van der Waals surface area contributed by atoms with Crippen LogP contribution in [0.2, 0.25) is 0 Å². The summed E-state index contributed by atoms with van der Waals surface area (Å²) in [4.78, 5) is 30.2. The van der Waals surface area contributed by atoms with Crippen LogP contribution in [0.4, 0.5) is 0 Å². The van der Waals surface area contributed by atoms with Crippen molar-refractivity contribution in [2.45, 2.75) is 40.7 Å². The fourth-order valence-corrected chi connectivity index (χ4v) is 4.35. The molecule has 1 aliphatic rings. The van der Waals surface area contributed by atoms with Crippen LogP contribution in [0.15, 0.2) is 48.0 Å². The number of likely N-dealkylation sites (N-methyl/N-ethyl adjacent to an activating group) is 1. The number of hydrogen-bond donors (Lipinski definition) is 1. The van der Waals surface area contributed by atoms with E-state index >= 15 is 0 Å². The fraction of sp³-hybridized carbons (Fsp3) is 0.429. The average molecular weight is 481 g/mol. The van der Waals surface area contributed by atoms with Gasteiger partial charge < -0.3 is 24.4 Å². The van der Waals surface area contributed by atoms with Crippen molar-refractivity contribution in [1.82, 2.24) is 9.80 Å². The third-order valence-corrected chi connectivity index (χ3v) is 6.30. The van der Waals surface area contributed by atoms with E-state index in [0.29, 0.717) is 48.9 Å². The van der Waals surface area contributed by atoms with Crippen LogP contribution in [0.5, 0.6) is 11.5 Å². The maximum atomic E-state index is 13.3. The summed E-state index contributed by atoms with van der Waals surface area (Å²) in [6.07, 6.45) is 0. The highest BCUT2D eigenvalue weighted by Gasteiger charge is 2.46. The average Bonchev–Trinajstić information content (AvgIpc) is 3.11. The van der Waals surface area contributed by atoms with Crippen molar-refractivity contribution in [2.24, 2.45) is 0 Å². The van der Waals surface area contributed by atoms with E-state index in [0.717, 1.165) is 18.7 Å². The molecule has 0 unspecified atom stereocenters. The molecule has 1 N–H and O–H groups in total. The summed E-state index contributed by atoms with van der Waals surface area (Å²) in [6, 6.07) is 11.9. The topological polar surface area (TPSA) is 79.3 Å². The minimum absolute atomic E-state index is 0.0880. The van der Waals surface area contributed by atoms with E-state index < -0.39 is 17.7 Å². The second kappa shape index (κ2) is 11.9. The number of nitrogens with zero attached hydrogens (tertiary/aromatic N) is 2. The highest BCUT2D eigenvalue weighted by Crippen LogP contribution is 2.42. The summed E-state index contributed by atoms with van der Waals surface area (Å²) in [5, 5.41) is 11.2. The van der Waals surface area contributed by atoms with Crippen LogP contribution in [-0.2, 0) is 9.59 Å². The predicted molar refractivity (Wildman–Crippen MR) is 137 cm³/mol. The monoisotopic (exact) mass is 480 g/mol. The molecule has 3 rings (SSSR count). The molecule has 1 heterocycles. The summed E-state index contributed by atoms with van der Waals surface area (Å²) in [6.45, 7) is 13.4. The van der Waals surface area contributed by atoms with E-state index in [-0.39, 0.29) is 11.3 Å². The summed E-state index contributed by atoms with van der Waals surface area (Å²) < 4.78 is 11.5. The van der Waals surface area contributed by atoms with Crippen molar-refractivity contribution in [3.05, 3.63) is 64.7 Å². The molecular formula is C28H36N2O5. The van der Waals surface area contributed by atoms with Gasteiger partial charge in [-0.1, -0.05) is 49.7 Å². The number of amides is 1. The highest BCUT2D eigenvalue weighted by atomic mass is 16.5. The predicted octanol–water partition coefficient (Wildman–Crippen LogP) is 4.56. The molecule has 1 amide bonds. The fourth-order valence-electron chi connectivity index (χ4n) is 4.35. The Kier molecular flexibility index (Phi) is 8.93. The molecule has 35 heavy (non-hydrogen) atoms. The highest BCUT2D eigenvalue weighted by molar-refractivity contribution is 6.46. The smallest absolute Gasteiger partial charge is 0.295 e. The minimum atomic E-state index is -0.734. The molecule has 0 spiro atoms. The van der Waals surface area contributed by atoms with E-state index in [9.17, 15) is 14.7 Å². The number of likely N-dealkylation sites (tertiary alicyclic amines) is 1. The van der Waals surface area contributed by atoms with Gasteiger partial charge in [0.1, 0.15) is 5.76 Å². The van der Waals surface area contributed by atoms with Gasteiger partial charge in [-0.15, -0.1) is 0 Å².